The van der Waals surface area contributed by atoms with Crippen LogP contribution in [0.3, 0.4) is 0 Å². The Morgan fingerprint density at radius 3 is 2.74 bits per heavy atom. The minimum Gasteiger partial charge on any atom is -0.319 e. The van der Waals surface area contributed by atoms with Crippen molar-refractivity contribution in [1.29, 1.82) is 0 Å². The van der Waals surface area contributed by atoms with E-state index in [0.717, 1.165) is 19.0 Å². The number of nitrogens with zero attached hydrogens (tertiary/aromatic N) is 3. The Kier molecular flexibility index (Phi) is 5.24. The Balaban J connectivity index is 1.26. The van der Waals surface area contributed by atoms with E-state index in [1.165, 1.54) is 24.8 Å². The zero-order valence-corrected chi connectivity index (χ0v) is 16.0. The number of hydrogen-bond acceptors (Lipinski definition) is 5. The van der Waals surface area contributed by atoms with Crippen molar-refractivity contribution in [3.05, 3.63) is 47.8 Å². The fourth-order valence-corrected chi connectivity index (χ4v) is 3.78. The van der Waals surface area contributed by atoms with Gasteiger partial charge in [-0.2, -0.15) is 5.10 Å². The molecule has 2 aromatic rings. The van der Waals surface area contributed by atoms with Gasteiger partial charge in [0.1, 0.15) is 0 Å². The number of hydrazine groups is 1. The van der Waals surface area contributed by atoms with Gasteiger partial charge in [-0.25, -0.2) is 0 Å². The summed E-state index contributed by atoms with van der Waals surface area (Å²) in [5, 5.41) is 6.91. The second-order valence-corrected chi connectivity index (χ2v) is 7.92. The van der Waals surface area contributed by atoms with Crippen molar-refractivity contribution in [3.8, 4) is 0 Å². The highest BCUT2D eigenvalue weighted by atomic mass is 16.1. The molecule has 2 aliphatic rings. The third-order valence-corrected chi connectivity index (χ3v) is 5.37. The van der Waals surface area contributed by atoms with Crippen molar-refractivity contribution in [2.75, 3.05) is 18.9 Å². The van der Waals surface area contributed by atoms with Gasteiger partial charge in [-0.15, -0.1) is 0 Å². The van der Waals surface area contributed by atoms with Gasteiger partial charge in [-0.05, 0) is 49.9 Å². The lowest BCUT2D eigenvalue weighted by atomic mass is 10.1. The molecule has 2 heterocycles. The summed E-state index contributed by atoms with van der Waals surface area (Å²) in [6, 6.07) is 8.98. The first-order valence-electron chi connectivity index (χ1n) is 9.65. The number of rotatable bonds is 7. The first kappa shape index (κ1) is 18.2. The average Bonchev–Trinajstić information content (AvgIpc) is 3.26. The Labute approximate surface area is 160 Å². The Morgan fingerprint density at radius 1 is 1.30 bits per heavy atom. The molecule has 2 unspecified atom stereocenters. The second kappa shape index (κ2) is 7.80. The number of likely N-dealkylation sites (N-methyl/N-ethyl adjacent to an activating group) is 1. The molecule has 144 valence electrons. The Bertz CT molecular complexity index is 782. The molecule has 1 aliphatic heterocycles. The van der Waals surface area contributed by atoms with Gasteiger partial charge in [0, 0.05) is 44.0 Å². The lowest BCUT2D eigenvalue weighted by Crippen LogP contribution is -2.39. The van der Waals surface area contributed by atoms with E-state index in [4.69, 9.17) is 0 Å². The Hall–Kier alpha value is -2.22. The molecule has 0 radical (unpaired) electrons. The van der Waals surface area contributed by atoms with Crippen LogP contribution in [0.2, 0.25) is 0 Å². The molecular weight excluding hydrogens is 340 g/mol. The summed E-state index contributed by atoms with van der Waals surface area (Å²) in [5.41, 5.74) is 9.46. The average molecular weight is 368 g/mol. The molecule has 1 saturated heterocycles. The highest BCUT2D eigenvalue weighted by Gasteiger charge is 2.36. The number of benzene rings is 1. The fourth-order valence-electron chi connectivity index (χ4n) is 3.78. The van der Waals surface area contributed by atoms with Crippen LogP contribution in [0.1, 0.15) is 35.2 Å². The third-order valence-electron chi connectivity index (χ3n) is 5.37. The lowest BCUT2D eigenvalue weighted by molar-refractivity contribution is 0.102. The van der Waals surface area contributed by atoms with E-state index < -0.39 is 0 Å². The van der Waals surface area contributed by atoms with Crippen molar-refractivity contribution in [2.24, 2.45) is 13.0 Å². The molecule has 7 heteroatoms. The van der Waals surface area contributed by atoms with Crippen LogP contribution in [-0.4, -0.2) is 46.3 Å². The van der Waals surface area contributed by atoms with E-state index in [-0.39, 0.29) is 5.91 Å². The molecule has 0 spiro atoms. The van der Waals surface area contributed by atoms with Crippen molar-refractivity contribution >= 4 is 11.6 Å². The summed E-state index contributed by atoms with van der Waals surface area (Å²) in [4.78, 5) is 14.6. The van der Waals surface area contributed by atoms with E-state index in [1.807, 2.05) is 31.3 Å². The SMILES string of the molecule is CN(Cc1ccc(C(=O)Nc2cnn(C)c2)cc1)CC1CC(C2CC2)NN1. The quantitative estimate of drug-likeness (QED) is 0.694. The van der Waals surface area contributed by atoms with E-state index in [2.05, 4.69) is 33.2 Å². The predicted molar refractivity (Wildman–Crippen MR) is 105 cm³/mol. The van der Waals surface area contributed by atoms with Crippen molar-refractivity contribution in [2.45, 2.75) is 37.9 Å². The van der Waals surface area contributed by atoms with Crippen molar-refractivity contribution in [3.63, 3.8) is 0 Å². The summed E-state index contributed by atoms with van der Waals surface area (Å²) in [7, 11) is 3.97. The van der Waals surface area contributed by atoms with Gasteiger partial charge in [0.05, 0.1) is 11.9 Å². The first-order chi connectivity index (χ1) is 13.1. The van der Waals surface area contributed by atoms with Crippen LogP contribution in [0.4, 0.5) is 5.69 Å². The number of hydrogen-bond donors (Lipinski definition) is 3. The predicted octanol–water partition coefficient (Wildman–Crippen LogP) is 1.75. The van der Waals surface area contributed by atoms with Crippen molar-refractivity contribution in [1.82, 2.24) is 25.5 Å². The normalized spacial score (nSPS) is 22.3. The van der Waals surface area contributed by atoms with Gasteiger partial charge in [0.15, 0.2) is 0 Å². The molecule has 0 bridgehead atoms. The fraction of sp³-hybridized carbons (Fsp3) is 0.500. The molecule has 4 rings (SSSR count). The number of amides is 1. The van der Waals surface area contributed by atoms with Gasteiger partial charge in [-0.1, -0.05) is 12.1 Å². The van der Waals surface area contributed by atoms with Gasteiger partial charge >= 0.3 is 0 Å². The molecule has 1 aliphatic carbocycles. The molecular formula is C20H28N6O. The smallest absolute Gasteiger partial charge is 0.255 e. The standard InChI is InChI=1S/C20H28N6O/c1-25(12-17-9-19(24-23-17)15-7-8-15)11-14-3-5-16(6-4-14)20(27)22-18-10-21-26(2)13-18/h3-6,10,13,15,17,19,23-24H,7-9,11-12H2,1-2H3,(H,22,27). The minimum absolute atomic E-state index is 0.116. The minimum atomic E-state index is -0.116. The molecule has 7 nitrogen and oxygen atoms in total. The van der Waals surface area contributed by atoms with E-state index in [0.29, 0.717) is 23.3 Å². The van der Waals surface area contributed by atoms with Crippen LogP contribution in [0, 0.1) is 5.92 Å². The monoisotopic (exact) mass is 368 g/mol. The molecule has 1 amide bonds. The molecule has 2 fully saturated rings. The summed E-state index contributed by atoms with van der Waals surface area (Å²) in [6.07, 6.45) is 7.38. The third kappa shape index (κ3) is 4.74. The van der Waals surface area contributed by atoms with E-state index in [1.54, 1.807) is 17.1 Å². The highest BCUT2D eigenvalue weighted by molar-refractivity contribution is 6.04. The molecule has 2 atom stereocenters. The molecule has 1 aromatic heterocycles. The van der Waals surface area contributed by atoms with Gasteiger partial charge in [-0.3, -0.25) is 20.3 Å². The first-order valence-corrected chi connectivity index (χ1v) is 9.65. The van der Waals surface area contributed by atoms with Crippen LogP contribution in [0.15, 0.2) is 36.7 Å². The molecule has 1 aromatic carbocycles. The van der Waals surface area contributed by atoms with Gasteiger partial charge < -0.3 is 10.2 Å². The van der Waals surface area contributed by atoms with Crippen LogP contribution >= 0.6 is 0 Å². The summed E-state index contributed by atoms with van der Waals surface area (Å²) < 4.78 is 1.66. The molecule has 1 saturated carbocycles. The second-order valence-electron chi connectivity index (χ2n) is 7.92. The maximum Gasteiger partial charge on any atom is 0.255 e. The maximum absolute atomic E-state index is 12.3. The van der Waals surface area contributed by atoms with Crippen LogP contribution in [0.5, 0.6) is 0 Å². The number of anilines is 1. The van der Waals surface area contributed by atoms with E-state index in [9.17, 15) is 4.79 Å². The van der Waals surface area contributed by atoms with Crippen LogP contribution in [-0.2, 0) is 13.6 Å². The molecule has 3 N–H and O–H groups in total. The maximum atomic E-state index is 12.3. The van der Waals surface area contributed by atoms with Crippen molar-refractivity contribution < 1.29 is 4.79 Å². The zero-order valence-electron chi connectivity index (χ0n) is 16.0. The summed E-state index contributed by atoms with van der Waals surface area (Å²) in [6.45, 7) is 1.89. The van der Waals surface area contributed by atoms with Crippen LogP contribution < -0.4 is 16.2 Å². The Morgan fingerprint density at radius 2 is 2.07 bits per heavy atom. The number of aryl methyl sites for hydroxylation is 1. The largest absolute Gasteiger partial charge is 0.319 e. The number of carbonyl (C=O) groups is 1. The topological polar surface area (TPSA) is 74.2 Å². The van der Waals surface area contributed by atoms with Gasteiger partial charge in [0.2, 0.25) is 0 Å². The number of aromatic nitrogens is 2. The lowest BCUT2D eigenvalue weighted by Gasteiger charge is -2.20. The number of nitrogens with one attached hydrogen (secondary N) is 3. The summed E-state index contributed by atoms with van der Waals surface area (Å²) >= 11 is 0. The summed E-state index contributed by atoms with van der Waals surface area (Å²) in [5.74, 6) is 0.772. The zero-order chi connectivity index (χ0) is 18.8. The molecule has 27 heavy (non-hydrogen) atoms. The number of carbonyl (C=O) groups excluding carboxylic acids is 1. The highest BCUT2D eigenvalue weighted by Crippen LogP contribution is 2.35. The van der Waals surface area contributed by atoms with Crippen LogP contribution in [0.25, 0.3) is 0 Å². The van der Waals surface area contributed by atoms with Gasteiger partial charge in [0.25, 0.3) is 5.91 Å². The van der Waals surface area contributed by atoms with E-state index >= 15 is 0 Å².